The summed E-state index contributed by atoms with van der Waals surface area (Å²) in [6, 6.07) is 19.0. The van der Waals surface area contributed by atoms with E-state index >= 15 is 0 Å². The summed E-state index contributed by atoms with van der Waals surface area (Å²) in [5.41, 5.74) is 1.08. The van der Waals surface area contributed by atoms with Gasteiger partial charge in [-0.1, -0.05) is 36.4 Å². The fourth-order valence-electron chi connectivity index (χ4n) is 2.32. The van der Waals surface area contributed by atoms with Crippen LogP contribution in [0.2, 0.25) is 0 Å². The molecular formula is C18H15BrO4S. The van der Waals surface area contributed by atoms with Crippen molar-refractivity contribution < 1.29 is 17.3 Å². The monoisotopic (exact) mass is 406 g/mol. The van der Waals surface area contributed by atoms with Crippen LogP contribution in [0.1, 0.15) is 5.56 Å². The van der Waals surface area contributed by atoms with Crippen molar-refractivity contribution in [1.82, 2.24) is 0 Å². The maximum absolute atomic E-state index is 11.5. The largest absolute Gasteiger partial charge is 0.489 e. The Kier molecular flexibility index (Phi) is 4.78. The Morgan fingerprint density at radius 1 is 1.00 bits per heavy atom. The molecule has 6 heteroatoms. The molecule has 0 saturated carbocycles. The maximum atomic E-state index is 11.5. The molecule has 0 saturated heterocycles. The molecule has 0 spiro atoms. The van der Waals surface area contributed by atoms with E-state index in [-0.39, 0.29) is 5.75 Å². The smallest absolute Gasteiger partial charge is 0.306 e. The molecule has 0 atom stereocenters. The third kappa shape index (κ3) is 4.07. The zero-order chi connectivity index (χ0) is 17.2. The summed E-state index contributed by atoms with van der Waals surface area (Å²) in [7, 11) is -3.61. The van der Waals surface area contributed by atoms with Gasteiger partial charge in [0.15, 0.2) is 5.75 Å². The minimum absolute atomic E-state index is 0.282. The van der Waals surface area contributed by atoms with E-state index in [0.29, 0.717) is 22.2 Å². The molecule has 0 aliphatic heterocycles. The summed E-state index contributed by atoms with van der Waals surface area (Å²) in [4.78, 5) is 0. The molecule has 0 aromatic heterocycles. The molecule has 0 heterocycles. The Hall–Kier alpha value is -2.05. The van der Waals surface area contributed by atoms with Gasteiger partial charge in [-0.2, -0.15) is 8.42 Å². The summed E-state index contributed by atoms with van der Waals surface area (Å²) in [6.07, 6.45) is 1.02. The first-order valence-electron chi connectivity index (χ1n) is 7.21. The van der Waals surface area contributed by atoms with Crippen LogP contribution in [0.15, 0.2) is 65.1 Å². The van der Waals surface area contributed by atoms with Gasteiger partial charge in [0.25, 0.3) is 0 Å². The van der Waals surface area contributed by atoms with Gasteiger partial charge in [-0.3, -0.25) is 0 Å². The molecule has 0 bridgehead atoms. The van der Waals surface area contributed by atoms with Crippen LogP contribution in [0.5, 0.6) is 11.5 Å². The highest BCUT2D eigenvalue weighted by molar-refractivity contribution is 9.10. The van der Waals surface area contributed by atoms with E-state index in [1.165, 1.54) is 0 Å². The molecular weight excluding hydrogens is 392 g/mol. The van der Waals surface area contributed by atoms with Crippen molar-refractivity contribution in [1.29, 1.82) is 0 Å². The van der Waals surface area contributed by atoms with Gasteiger partial charge >= 0.3 is 10.1 Å². The zero-order valence-corrected chi connectivity index (χ0v) is 15.3. The van der Waals surface area contributed by atoms with Gasteiger partial charge in [-0.05, 0) is 51.1 Å². The Morgan fingerprint density at radius 3 is 2.46 bits per heavy atom. The average Bonchev–Trinajstić information content (AvgIpc) is 2.55. The van der Waals surface area contributed by atoms with E-state index in [1.807, 2.05) is 42.5 Å². The molecule has 0 aliphatic rings. The maximum Gasteiger partial charge on any atom is 0.306 e. The highest BCUT2D eigenvalue weighted by Crippen LogP contribution is 2.36. The van der Waals surface area contributed by atoms with Gasteiger partial charge in [0, 0.05) is 5.39 Å². The molecule has 0 unspecified atom stereocenters. The topological polar surface area (TPSA) is 52.6 Å². The van der Waals surface area contributed by atoms with E-state index in [9.17, 15) is 8.42 Å². The first-order valence-corrected chi connectivity index (χ1v) is 9.82. The predicted molar refractivity (Wildman–Crippen MR) is 97.9 cm³/mol. The van der Waals surface area contributed by atoms with Gasteiger partial charge in [0.2, 0.25) is 0 Å². The van der Waals surface area contributed by atoms with Crippen LogP contribution in [0.3, 0.4) is 0 Å². The van der Waals surface area contributed by atoms with Crippen molar-refractivity contribution in [3.63, 3.8) is 0 Å². The second kappa shape index (κ2) is 6.83. The quantitative estimate of drug-likeness (QED) is 0.584. The summed E-state index contributed by atoms with van der Waals surface area (Å²) in [5.74, 6) is 0.989. The minimum Gasteiger partial charge on any atom is -0.489 e. The number of hydrogen-bond donors (Lipinski definition) is 0. The van der Waals surface area contributed by atoms with E-state index in [4.69, 9.17) is 8.92 Å². The van der Waals surface area contributed by atoms with Crippen molar-refractivity contribution >= 4 is 36.8 Å². The number of halogens is 1. The van der Waals surface area contributed by atoms with Gasteiger partial charge in [0.1, 0.15) is 12.4 Å². The molecule has 0 radical (unpaired) electrons. The summed E-state index contributed by atoms with van der Waals surface area (Å²) in [6.45, 7) is 0.468. The van der Waals surface area contributed by atoms with Crippen LogP contribution in [-0.4, -0.2) is 14.7 Å². The lowest BCUT2D eigenvalue weighted by Crippen LogP contribution is -2.06. The molecule has 3 aromatic rings. The van der Waals surface area contributed by atoms with E-state index in [1.54, 1.807) is 18.2 Å². The SMILES string of the molecule is CS(=O)(=O)Oc1c(Br)ccc2cc(OCc3ccccc3)ccc12. The van der Waals surface area contributed by atoms with E-state index < -0.39 is 10.1 Å². The van der Waals surface area contributed by atoms with Crippen LogP contribution >= 0.6 is 15.9 Å². The summed E-state index contributed by atoms with van der Waals surface area (Å²) < 4.78 is 34.4. The molecule has 24 heavy (non-hydrogen) atoms. The first-order chi connectivity index (χ1) is 11.4. The number of rotatable bonds is 5. The lowest BCUT2D eigenvalue weighted by molar-refractivity contribution is 0.306. The van der Waals surface area contributed by atoms with Gasteiger partial charge in [0.05, 0.1) is 10.7 Å². The van der Waals surface area contributed by atoms with E-state index in [2.05, 4.69) is 15.9 Å². The molecule has 0 fully saturated rings. The van der Waals surface area contributed by atoms with Crippen molar-refractivity contribution in [3.8, 4) is 11.5 Å². The number of fused-ring (bicyclic) bond motifs is 1. The van der Waals surface area contributed by atoms with Crippen LogP contribution < -0.4 is 8.92 Å². The van der Waals surface area contributed by atoms with Gasteiger partial charge in [-0.25, -0.2) is 0 Å². The minimum atomic E-state index is -3.61. The Bertz CT molecular complexity index is 969. The third-order valence-electron chi connectivity index (χ3n) is 3.38. The van der Waals surface area contributed by atoms with Gasteiger partial charge < -0.3 is 8.92 Å². The van der Waals surface area contributed by atoms with Crippen molar-refractivity contribution in [2.75, 3.05) is 6.26 Å². The highest BCUT2D eigenvalue weighted by atomic mass is 79.9. The predicted octanol–water partition coefficient (Wildman–Crippen LogP) is 4.52. The van der Waals surface area contributed by atoms with Crippen LogP contribution in [0.4, 0.5) is 0 Å². The Balaban J connectivity index is 1.90. The second-order valence-electron chi connectivity index (χ2n) is 5.32. The molecule has 4 nitrogen and oxygen atoms in total. The number of hydrogen-bond acceptors (Lipinski definition) is 4. The second-order valence-corrected chi connectivity index (χ2v) is 7.75. The molecule has 0 amide bonds. The first kappa shape index (κ1) is 16.8. The Morgan fingerprint density at radius 2 is 1.75 bits per heavy atom. The summed E-state index contributed by atoms with van der Waals surface area (Å²) >= 11 is 3.33. The standard InChI is InChI=1S/C18H15BrO4S/c1-24(20,21)23-18-16-9-8-15(11-14(16)7-10-17(18)19)22-12-13-5-3-2-4-6-13/h2-11H,12H2,1H3. The molecule has 3 aromatic carbocycles. The zero-order valence-electron chi connectivity index (χ0n) is 12.9. The lowest BCUT2D eigenvalue weighted by atomic mass is 10.1. The van der Waals surface area contributed by atoms with E-state index in [0.717, 1.165) is 17.2 Å². The van der Waals surface area contributed by atoms with Crippen molar-refractivity contribution in [2.45, 2.75) is 6.61 Å². The lowest BCUT2D eigenvalue weighted by Gasteiger charge is -2.11. The van der Waals surface area contributed by atoms with Gasteiger partial charge in [-0.15, -0.1) is 0 Å². The fraction of sp³-hybridized carbons (Fsp3) is 0.111. The molecule has 3 rings (SSSR count). The van der Waals surface area contributed by atoms with Crippen molar-refractivity contribution in [3.05, 3.63) is 70.7 Å². The Labute approximate surface area is 149 Å². The number of ether oxygens (including phenoxy) is 1. The van der Waals surface area contributed by atoms with Crippen LogP contribution in [-0.2, 0) is 16.7 Å². The van der Waals surface area contributed by atoms with Crippen molar-refractivity contribution in [2.24, 2.45) is 0 Å². The van der Waals surface area contributed by atoms with Crippen LogP contribution in [0.25, 0.3) is 10.8 Å². The average molecular weight is 407 g/mol. The normalized spacial score (nSPS) is 11.4. The highest BCUT2D eigenvalue weighted by Gasteiger charge is 2.13. The number of benzene rings is 3. The molecule has 124 valence electrons. The van der Waals surface area contributed by atoms with Crippen LogP contribution in [0, 0.1) is 0 Å². The molecule has 0 aliphatic carbocycles. The third-order valence-corrected chi connectivity index (χ3v) is 4.47. The summed E-state index contributed by atoms with van der Waals surface area (Å²) in [5, 5.41) is 1.53. The molecule has 0 N–H and O–H groups in total. The fourth-order valence-corrected chi connectivity index (χ4v) is 3.34.